The number of aromatic amines is 1. The highest BCUT2D eigenvalue weighted by atomic mass is 35.5. The average molecular weight is 488 g/mol. The smallest absolute Gasteiger partial charge is 0.272 e. The topological polar surface area (TPSA) is 84.1 Å². The molecule has 0 aliphatic rings. The first-order chi connectivity index (χ1) is 15.4. The zero-order chi connectivity index (χ0) is 24.4. The Morgan fingerprint density at radius 2 is 1.94 bits per heavy atom. The molecule has 0 aliphatic carbocycles. The van der Waals surface area contributed by atoms with Crippen molar-refractivity contribution in [1.82, 2.24) is 9.97 Å². The number of hydrogen-bond donors (Lipinski definition) is 2. The van der Waals surface area contributed by atoms with Crippen LogP contribution in [0, 0.1) is 5.82 Å². The minimum Gasteiger partial charge on any atom is -0.411 e. The summed E-state index contributed by atoms with van der Waals surface area (Å²) < 4.78 is 20.2. The lowest BCUT2D eigenvalue weighted by Crippen LogP contribution is -2.40. The SMILES string of the molecule is CC(C)(C)[Si](C)(C)OCc1ccc(NC(=O)c2cc(C(=O)c3c(F)cccc3Cl)c[nH]2)cn1. The van der Waals surface area contributed by atoms with Crippen molar-refractivity contribution >= 4 is 37.3 Å². The van der Waals surface area contributed by atoms with Crippen LogP contribution in [0.2, 0.25) is 23.2 Å². The van der Waals surface area contributed by atoms with Gasteiger partial charge in [0.15, 0.2) is 14.1 Å². The van der Waals surface area contributed by atoms with Gasteiger partial charge in [-0.05, 0) is 48.5 Å². The minimum atomic E-state index is -1.88. The van der Waals surface area contributed by atoms with E-state index in [0.717, 1.165) is 11.8 Å². The Balaban J connectivity index is 1.64. The molecule has 0 unspecified atom stereocenters. The van der Waals surface area contributed by atoms with E-state index >= 15 is 0 Å². The molecule has 0 atom stereocenters. The van der Waals surface area contributed by atoms with Crippen molar-refractivity contribution in [1.29, 1.82) is 0 Å². The first-order valence-electron chi connectivity index (χ1n) is 10.5. The van der Waals surface area contributed by atoms with E-state index in [1.807, 2.05) is 0 Å². The number of ketones is 1. The van der Waals surface area contributed by atoms with Crippen molar-refractivity contribution in [3.63, 3.8) is 0 Å². The fourth-order valence-electron chi connectivity index (χ4n) is 2.77. The fraction of sp³-hybridized carbons (Fsp3) is 0.292. The quantitative estimate of drug-likeness (QED) is 0.306. The molecule has 9 heteroatoms. The number of carbonyl (C=O) groups excluding carboxylic acids is 2. The maximum absolute atomic E-state index is 14.0. The number of hydrogen-bond acceptors (Lipinski definition) is 4. The van der Waals surface area contributed by atoms with Crippen LogP contribution in [-0.2, 0) is 11.0 Å². The molecule has 0 spiro atoms. The summed E-state index contributed by atoms with van der Waals surface area (Å²) in [4.78, 5) is 32.3. The van der Waals surface area contributed by atoms with Crippen molar-refractivity contribution in [2.24, 2.45) is 0 Å². The number of anilines is 1. The number of aromatic nitrogens is 2. The highest BCUT2D eigenvalue weighted by Gasteiger charge is 2.37. The van der Waals surface area contributed by atoms with Gasteiger partial charge in [0.2, 0.25) is 0 Å². The summed E-state index contributed by atoms with van der Waals surface area (Å²) in [5.74, 6) is -1.79. The Morgan fingerprint density at radius 3 is 2.55 bits per heavy atom. The second-order valence-corrected chi connectivity index (χ2v) is 14.5. The fourth-order valence-corrected chi connectivity index (χ4v) is 3.96. The summed E-state index contributed by atoms with van der Waals surface area (Å²) in [5.41, 5.74) is 1.31. The summed E-state index contributed by atoms with van der Waals surface area (Å²) in [6.45, 7) is 11.3. The van der Waals surface area contributed by atoms with Gasteiger partial charge in [-0.3, -0.25) is 14.6 Å². The number of nitrogens with zero attached hydrogens (tertiary/aromatic N) is 1. The summed E-state index contributed by atoms with van der Waals surface area (Å²) in [7, 11) is -1.88. The monoisotopic (exact) mass is 487 g/mol. The van der Waals surface area contributed by atoms with E-state index in [0.29, 0.717) is 12.3 Å². The lowest BCUT2D eigenvalue weighted by atomic mass is 10.1. The van der Waals surface area contributed by atoms with E-state index in [9.17, 15) is 14.0 Å². The molecule has 0 radical (unpaired) electrons. The lowest BCUT2D eigenvalue weighted by molar-refractivity contribution is 0.102. The van der Waals surface area contributed by atoms with Crippen LogP contribution >= 0.6 is 11.6 Å². The maximum atomic E-state index is 14.0. The van der Waals surface area contributed by atoms with E-state index in [1.165, 1.54) is 24.4 Å². The molecule has 174 valence electrons. The summed E-state index contributed by atoms with van der Waals surface area (Å²) in [5, 5.41) is 2.84. The average Bonchev–Trinajstić information content (AvgIpc) is 3.23. The van der Waals surface area contributed by atoms with Crippen LogP contribution < -0.4 is 5.32 Å². The molecule has 3 aromatic rings. The Kier molecular flexibility index (Phi) is 7.21. The van der Waals surface area contributed by atoms with E-state index < -0.39 is 25.8 Å². The van der Waals surface area contributed by atoms with E-state index in [-0.39, 0.29) is 26.9 Å². The maximum Gasteiger partial charge on any atom is 0.272 e. The minimum absolute atomic E-state index is 0.0101. The molecule has 2 heterocycles. The van der Waals surface area contributed by atoms with Gasteiger partial charge in [-0.25, -0.2) is 4.39 Å². The molecule has 3 rings (SSSR count). The van der Waals surface area contributed by atoms with Crippen molar-refractivity contribution in [3.05, 3.63) is 82.1 Å². The molecule has 0 saturated carbocycles. The van der Waals surface area contributed by atoms with Gasteiger partial charge >= 0.3 is 0 Å². The first-order valence-corrected chi connectivity index (χ1v) is 13.7. The van der Waals surface area contributed by atoms with Crippen LogP contribution in [0.4, 0.5) is 10.1 Å². The van der Waals surface area contributed by atoms with Crippen LogP contribution in [0.15, 0.2) is 48.8 Å². The van der Waals surface area contributed by atoms with Gasteiger partial charge in [-0.2, -0.15) is 0 Å². The van der Waals surface area contributed by atoms with Crippen molar-refractivity contribution < 1.29 is 18.4 Å². The molecule has 0 saturated heterocycles. The van der Waals surface area contributed by atoms with Crippen LogP contribution in [0.25, 0.3) is 0 Å². The number of rotatable bonds is 7. The van der Waals surface area contributed by atoms with Gasteiger partial charge in [-0.1, -0.05) is 38.4 Å². The first kappa shape index (κ1) is 24.8. The van der Waals surface area contributed by atoms with Gasteiger partial charge < -0.3 is 14.7 Å². The Morgan fingerprint density at radius 1 is 1.21 bits per heavy atom. The van der Waals surface area contributed by atoms with E-state index in [4.69, 9.17) is 16.0 Å². The van der Waals surface area contributed by atoms with E-state index in [2.05, 4.69) is 49.1 Å². The van der Waals surface area contributed by atoms with Gasteiger partial charge in [0.25, 0.3) is 5.91 Å². The molecule has 2 N–H and O–H groups in total. The predicted molar refractivity (Wildman–Crippen MR) is 130 cm³/mol. The normalized spacial score (nSPS) is 12.0. The highest BCUT2D eigenvalue weighted by molar-refractivity contribution is 6.74. The number of nitrogens with one attached hydrogen (secondary N) is 2. The zero-order valence-electron chi connectivity index (χ0n) is 19.3. The van der Waals surface area contributed by atoms with Gasteiger partial charge in [0.05, 0.1) is 34.8 Å². The second-order valence-electron chi connectivity index (χ2n) is 9.27. The third-order valence-electron chi connectivity index (χ3n) is 5.85. The van der Waals surface area contributed by atoms with Gasteiger partial charge in [0.1, 0.15) is 11.5 Å². The van der Waals surface area contributed by atoms with Gasteiger partial charge in [0, 0.05) is 11.8 Å². The second kappa shape index (κ2) is 9.58. The molecular formula is C24H27ClFN3O3Si. The summed E-state index contributed by atoms with van der Waals surface area (Å²) in [6.07, 6.45) is 2.90. The summed E-state index contributed by atoms with van der Waals surface area (Å²) >= 11 is 5.97. The van der Waals surface area contributed by atoms with Crippen LogP contribution in [0.5, 0.6) is 0 Å². The summed E-state index contributed by atoms with van der Waals surface area (Å²) in [6, 6.07) is 8.91. The molecular weight excluding hydrogens is 461 g/mol. The third-order valence-corrected chi connectivity index (χ3v) is 10.6. The Hall–Kier alpha value is -2.81. The number of H-pyrrole nitrogens is 1. The highest BCUT2D eigenvalue weighted by Crippen LogP contribution is 2.37. The van der Waals surface area contributed by atoms with Crippen LogP contribution in [-0.4, -0.2) is 30.0 Å². The standard InChI is InChI=1S/C24H27ClFN3O3Si/c1-24(2,3)33(4,5)32-14-17-10-9-16(13-27-17)29-23(31)20-11-15(12-28-20)22(30)21-18(25)7-6-8-19(21)26/h6-13,28H,14H2,1-5H3,(H,29,31). The number of pyridine rings is 1. The number of halogens is 2. The molecule has 33 heavy (non-hydrogen) atoms. The largest absolute Gasteiger partial charge is 0.411 e. The molecule has 1 aromatic carbocycles. The number of amides is 1. The van der Waals surface area contributed by atoms with Crippen LogP contribution in [0.1, 0.15) is 52.9 Å². The van der Waals surface area contributed by atoms with Crippen molar-refractivity contribution in [2.75, 3.05) is 5.32 Å². The van der Waals surface area contributed by atoms with Crippen molar-refractivity contribution in [2.45, 2.75) is 45.5 Å². The molecule has 2 aromatic heterocycles. The molecule has 0 aliphatic heterocycles. The lowest BCUT2D eigenvalue weighted by Gasteiger charge is -2.36. The number of benzene rings is 1. The van der Waals surface area contributed by atoms with Crippen molar-refractivity contribution in [3.8, 4) is 0 Å². The Labute approximate surface area is 198 Å². The molecule has 6 nitrogen and oxygen atoms in total. The Bertz CT molecular complexity index is 1150. The molecule has 1 amide bonds. The molecule has 0 fully saturated rings. The van der Waals surface area contributed by atoms with Gasteiger partial charge in [-0.15, -0.1) is 0 Å². The predicted octanol–water partition coefficient (Wildman–Crippen LogP) is 6.21. The van der Waals surface area contributed by atoms with Crippen LogP contribution in [0.3, 0.4) is 0 Å². The van der Waals surface area contributed by atoms with E-state index in [1.54, 1.807) is 18.3 Å². The zero-order valence-corrected chi connectivity index (χ0v) is 21.0. The number of carbonyl (C=O) groups is 2. The third kappa shape index (κ3) is 5.76. The molecule has 0 bridgehead atoms.